The van der Waals surface area contributed by atoms with Crippen molar-refractivity contribution in [3.8, 4) is 6.07 Å². The van der Waals surface area contributed by atoms with Gasteiger partial charge in [0.05, 0.1) is 5.56 Å². The Bertz CT molecular complexity index is 526. The minimum Gasteiger partial charge on any atom is -0.345 e. The third kappa shape index (κ3) is 2.14. The Kier molecular flexibility index (Phi) is 3.06. The van der Waals surface area contributed by atoms with Gasteiger partial charge in [0.15, 0.2) is 0 Å². The third-order valence-corrected chi connectivity index (χ3v) is 4.62. The summed E-state index contributed by atoms with van der Waals surface area (Å²) < 4.78 is 1.77. The lowest BCUT2D eigenvalue weighted by Crippen LogP contribution is -2.30. The maximum atomic E-state index is 12.5. The van der Waals surface area contributed by atoms with Crippen LogP contribution in [0, 0.1) is 23.2 Å². The van der Waals surface area contributed by atoms with E-state index < -0.39 is 0 Å². The summed E-state index contributed by atoms with van der Waals surface area (Å²) in [7, 11) is 1.83. The molecule has 2 unspecified atom stereocenters. The quantitative estimate of drug-likeness (QED) is 0.774. The lowest BCUT2D eigenvalue weighted by atomic mass is 9.82. The topological polar surface area (TPSA) is 49.0 Å². The first-order valence-corrected chi connectivity index (χ1v) is 7.05. The molecule has 2 heterocycles. The van der Waals surface area contributed by atoms with E-state index in [1.54, 1.807) is 16.8 Å². The Labute approximate surface area is 113 Å². The number of nitriles is 1. The van der Waals surface area contributed by atoms with E-state index in [1.807, 2.05) is 11.9 Å². The molecule has 2 fully saturated rings. The van der Waals surface area contributed by atoms with Crippen LogP contribution in [0.25, 0.3) is 0 Å². The molecule has 100 valence electrons. The summed E-state index contributed by atoms with van der Waals surface area (Å²) in [5, 5.41) is 8.90. The molecule has 4 heteroatoms. The van der Waals surface area contributed by atoms with Gasteiger partial charge in [0.25, 0.3) is 5.91 Å². The predicted octanol–water partition coefficient (Wildman–Crippen LogP) is 2.16. The standard InChI is InChI=1S/C15H19N3O/c1-17-8-11(7-16)6-14(17)15(19)18-9-12-4-2-3-5-13(12)10-18/h6,8,12-13H,2-5,9-10H2,1H3. The van der Waals surface area contributed by atoms with Crippen LogP contribution < -0.4 is 0 Å². The lowest BCUT2D eigenvalue weighted by Gasteiger charge is -2.22. The van der Waals surface area contributed by atoms with Crippen molar-refractivity contribution in [3.63, 3.8) is 0 Å². The van der Waals surface area contributed by atoms with Gasteiger partial charge in [-0.15, -0.1) is 0 Å². The average molecular weight is 257 g/mol. The van der Waals surface area contributed by atoms with E-state index >= 15 is 0 Å². The molecule has 1 amide bonds. The van der Waals surface area contributed by atoms with E-state index in [-0.39, 0.29) is 5.91 Å². The van der Waals surface area contributed by atoms with Gasteiger partial charge in [-0.3, -0.25) is 4.79 Å². The zero-order chi connectivity index (χ0) is 13.4. The number of nitrogens with zero attached hydrogens (tertiary/aromatic N) is 3. The highest BCUT2D eigenvalue weighted by molar-refractivity contribution is 5.93. The summed E-state index contributed by atoms with van der Waals surface area (Å²) in [6, 6.07) is 3.79. The second-order valence-electron chi connectivity index (χ2n) is 5.85. The van der Waals surface area contributed by atoms with Crippen molar-refractivity contribution in [2.75, 3.05) is 13.1 Å². The second kappa shape index (κ2) is 4.73. The van der Waals surface area contributed by atoms with Gasteiger partial charge in [-0.1, -0.05) is 12.8 Å². The molecule has 19 heavy (non-hydrogen) atoms. The molecule has 0 radical (unpaired) electrons. The molecular weight excluding hydrogens is 238 g/mol. The first-order valence-electron chi connectivity index (χ1n) is 7.05. The molecule has 1 aromatic rings. The number of amides is 1. The Morgan fingerprint density at radius 2 is 1.95 bits per heavy atom. The Hall–Kier alpha value is -1.76. The lowest BCUT2D eigenvalue weighted by molar-refractivity contribution is 0.0774. The molecule has 1 aliphatic heterocycles. The van der Waals surface area contributed by atoms with Crippen molar-refractivity contribution in [1.29, 1.82) is 5.26 Å². The van der Waals surface area contributed by atoms with Gasteiger partial charge in [-0.2, -0.15) is 5.26 Å². The highest BCUT2D eigenvalue weighted by atomic mass is 16.2. The van der Waals surface area contributed by atoms with Crippen molar-refractivity contribution >= 4 is 5.91 Å². The molecule has 0 bridgehead atoms. The fourth-order valence-electron chi connectivity index (χ4n) is 3.57. The van der Waals surface area contributed by atoms with Gasteiger partial charge in [0.2, 0.25) is 0 Å². The molecule has 1 saturated carbocycles. The minimum absolute atomic E-state index is 0.0819. The number of carbonyl (C=O) groups excluding carboxylic acids is 1. The number of rotatable bonds is 1. The Morgan fingerprint density at radius 1 is 1.32 bits per heavy atom. The van der Waals surface area contributed by atoms with E-state index in [0.29, 0.717) is 23.1 Å². The first-order chi connectivity index (χ1) is 9.19. The highest BCUT2D eigenvalue weighted by Gasteiger charge is 2.37. The highest BCUT2D eigenvalue weighted by Crippen LogP contribution is 2.36. The largest absolute Gasteiger partial charge is 0.345 e. The third-order valence-electron chi connectivity index (χ3n) is 4.62. The molecule has 0 N–H and O–H groups in total. The van der Waals surface area contributed by atoms with E-state index in [2.05, 4.69) is 6.07 Å². The zero-order valence-corrected chi connectivity index (χ0v) is 11.3. The molecule has 3 rings (SSSR count). The van der Waals surface area contributed by atoms with Gasteiger partial charge in [0.1, 0.15) is 11.8 Å². The fraction of sp³-hybridized carbons (Fsp3) is 0.600. The van der Waals surface area contributed by atoms with Crippen LogP contribution in [0.4, 0.5) is 0 Å². The number of likely N-dealkylation sites (tertiary alicyclic amines) is 1. The number of aryl methyl sites for hydroxylation is 1. The number of fused-ring (bicyclic) bond motifs is 1. The number of carbonyl (C=O) groups is 1. The number of aromatic nitrogens is 1. The monoisotopic (exact) mass is 257 g/mol. The summed E-state index contributed by atoms with van der Waals surface area (Å²) >= 11 is 0. The average Bonchev–Trinajstić information content (AvgIpc) is 3.01. The predicted molar refractivity (Wildman–Crippen MR) is 71.5 cm³/mol. The van der Waals surface area contributed by atoms with Gasteiger partial charge < -0.3 is 9.47 Å². The molecule has 1 aromatic heterocycles. The van der Waals surface area contributed by atoms with Crippen LogP contribution in [-0.4, -0.2) is 28.5 Å². The van der Waals surface area contributed by atoms with Crippen LogP contribution in [0.2, 0.25) is 0 Å². The van der Waals surface area contributed by atoms with Crippen molar-refractivity contribution in [3.05, 3.63) is 23.5 Å². The molecule has 0 spiro atoms. The van der Waals surface area contributed by atoms with E-state index in [4.69, 9.17) is 5.26 Å². The molecule has 2 atom stereocenters. The number of hydrogen-bond acceptors (Lipinski definition) is 2. The smallest absolute Gasteiger partial charge is 0.270 e. The summed E-state index contributed by atoms with van der Waals surface area (Å²) in [5.41, 5.74) is 1.19. The molecule has 2 aliphatic rings. The van der Waals surface area contributed by atoms with Crippen LogP contribution in [0.3, 0.4) is 0 Å². The van der Waals surface area contributed by atoms with Crippen LogP contribution in [-0.2, 0) is 7.05 Å². The van der Waals surface area contributed by atoms with Crippen LogP contribution in [0.15, 0.2) is 12.3 Å². The van der Waals surface area contributed by atoms with Gasteiger partial charge in [0, 0.05) is 26.3 Å². The van der Waals surface area contributed by atoms with Crippen molar-refractivity contribution in [2.24, 2.45) is 18.9 Å². The fourth-order valence-corrected chi connectivity index (χ4v) is 3.57. The summed E-state index contributed by atoms with van der Waals surface area (Å²) in [4.78, 5) is 14.5. The summed E-state index contributed by atoms with van der Waals surface area (Å²) in [5.74, 6) is 1.49. The van der Waals surface area contributed by atoms with Crippen LogP contribution in [0.1, 0.15) is 41.7 Å². The van der Waals surface area contributed by atoms with E-state index in [1.165, 1.54) is 25.7 Å². The first kappa shape index (κ1) is 12.3. The van der Waals surface area contributed by atoms with Crippen LogP contribution in [0.5, 0.6) is 0 Å². The minimum atomic E-state index is 0.0819. The molecule has 0 aromatic carbocycles. The van der Waals surface area contributed by atoms with E-state index in [9.17, 15) is 4.79 Å². The molecular formula is C15H19N3O. The van der Waals surface area contributed by atoms with Gasteiger partial charge >= 0.3 is 0 Å². The summed E-state index contributed by atoms with van der Waals surface area (Å²) in [6.07, 6.45) is 6.88. The van der Waals surface area contributed by atoms with Gasteiger partial charge in [-0.25, -0.2) is 0 Å². The molecule has 1 saturated heterocycles. The maximum absolute atomic E-state index is 12.5. The van der Waals surface area contributed by atoms with Gasteiger partial charge in [-0.05, 0) is 30.7 Å². The molecule has 4 nitrogen and oxygen atoms in total. The van der Waals surface area contributed by atoms with Crippen molar-refractivity contribution in [2.45, 2.75) is 25.7 Å². The Balaban J connectivity index is 1.77. The Morgan fingerprint density at radius 3 is 2.47 bits per heavy atom. The van der Waals surface area contributed by atoms with Crippen molar-refractivity contribution < 1.29 is 4.79 Å². The maximum Gasteiger partial charge on any atom is 0.270 e. The number of hydrogen-bond donors (Lipinski definition) is 0. The normalized spacial score (nSPS) is 26.0. The molecule has 1 aliphatic carbocycles. The van der Waals surface area contributed by atoms with Crippen molar-refractivity contribution in [1.82, 2.24) is 9.47 Å². The van der Waals surface area contributed by atoms with Crippen LogP contribution >= 0.6 is 0 Å². The second-order valence-corrected chi connectivity index (χ2v) is 5.85. The SMILES string of the molecule is Cn1cc(C#N)cc1C(=O)N1CC2CCCCC2C1. The van der Waals surface area contributed by atoms with E-state index in [0.717, 1.165) is 13.1 Å². The summed E-state index contributed by atoms with van der Waals surface area (Å²) in [6.45, 7) is 1.80. The zero-order valence-electron chi connectivity index (χ0n) is 11.3.